The molecule has 2 amide bonds. The molecule has 0 spiro atoms. The molecule has 0 bridgehead atoms. The molecule has 1 aliphatic rings. The van der Waals surface area contributed by atoms with E-state index in [9.17, 15) is 13.2 Å². The van der Waals surface area contributed by atoms with E-state index in [4.69, 9.17) is 4.74 Å². The fraction of sp³-hybridized carbons (Fsp3) is 0.565. The van der Waals surface area contributed by atoms with E-state index in [1.54, 1.807) is 22.8 Å². The molecule has 0 radical (unpaired) electrons. The molecule has 9 heteroatoms. The molecule has 1 saturated carbocycles. The lowest BCUT2D eigenvalue weighted by Gasteiger charge is -2.28. The van der Waals surface area contributed by atoms with Crippen LogP contribution in [0.2, 0.25) is 0 Å². The highest BCUT2D eigenvalue weighted by Gasteiger charge is 2.35. The molecule has 1 aromatic heterocycles. The number of amides is 2. The molecular weight excluding hydrogens is 428 g/mol. The summed E-state index contributed by atoms with van der Waals surface area (Å²) in [6, 6.07) is 7.45. The Morgan fingerprint density at radius 3 is 2.47 bits per heavy atom. The van der Waals surface area contributed by atoms with E-state index >= 15 is 0 Å². The van der Waals surface area contributed by atoms with Gasteiger partial charge in [-0.3, -0.25) is 0 Å². The zero-order valence-electron chi connectivity index (χ0n) is 19.6. The van der Waals surface area contributed by atoms with Crippen molar-refractivity contribution in [2.45, 2.75) is 76.1 Å². The summed E-state index contributed by atoms with van der Waals surface area (Å²) in [5.41, 5.74) is 2.11. The third-order valence-corrected chi connectivity index (χ3v) is 6.83. The van der Waals surface area contributed by atoms with Gasteiger partial charge < -0.3 is 19.5 Å². The molecular formula is C23H34N4O4S. The summed E-state index contributed by atoms with van der Waals surface area (Å²) >= 11 is 0. The zero-order chi connectivity index (χ0) is 23.5. The average molecular weight is 463 g/mol. The molecule has 1 fully saturated rings. The maximum absolute atomic E-state index is 13.2. The van der Waals surface area contributed by atoms with Gasteiger partial charge in [0.2, 0.25) is 15.0 Å². The lowest BCUT2D eigenvalue weighted by molar-refractivity contribution is 0.174. The van der Waals surface area contributed by atoms with Gasteiger partial charge in [-0.05, 0) is 46.1 Å². The minimum atomic E-state index is -3.68. The smallest absolute Gasteiger partial charge is 0.318 e. The fourth-order valence-corrected chi connectivity index (χ4v) is 4.99. The van der Waals surface area contributed by atoms with Crippen LogP contribution in [0.1, 0.15) is 50.4 Å². The Labute approximate surface area is 190 Å². The van der Waals surface area contributed by atoms with Gasteiger partial charge in [0.15, 0.2) is 0 Å². The normalized spacial score (nSPS) is 14.4. The number of aromatic nitrogens is 2. The van der Waals surface area contributed by atoms with E-state index in [2.05, 4.69) is 10.3 Å². The van der Waals surface area contributed by atoms with Crippen molar-refractivity contribution in [3.05, 3.63) is 47.3 Å². The summed E-state index contributed by atoms with van der Waals surface area (Å²) in [6.07, 6.45) is 3.46. The Balaban J connectivity index is 1.88. The maximum atomic E-state index is 13.2. The van der Waals surface area contributed by atoms with Crippen LogP contribution < -0.4 is 5.32 Å². The zero-order valence-corrected chi connectivity index (χ0v) is 20.4. The minimum Gasteiger partial charge on any atom is -0.383 e. The summed E-state index contributed by atoms with van der Waals surface area (Å²) in [6.45, 7) is 8.76. The average Bonchev–Trinajstić information content (AvgIpc) is 3.44. The summed E-state index contributed by atoms with van der Waals surface area (Å²) < 4.78 is 33.3. The Kier molecular flexibility index (Phi) is 7.29. The van der Waals surface area contributed by atoms with E-state index in [0.717, 1.165) is 18.4 Å². The van der Waals surface area contributed by atoms with E-state index < -0.39 is 9.84 Å². The Bertz CT molecular complexity index is 1030. The Morgan fingerprint density at radius 2 is 1.91 bits per heavy atom. The van der Waals surface area contributed by atoms with Crippen molar-refractivity contribution in [2.24, 2.45) is 0 Å². The summed E-state index contributed by atoms with van der Waals surface area (Å²) in [5.74, 6) is -0.131. The number of nitrogens with zero attached hydrogens (tertiary/aromatic N) is 3. The SMILES string of the molecule is COCCn1c(CN(C(=O)NC(C)(C)C)C2CC2)cnc1S(=O)(=O)Cc1ccc(C)cc1. The molecule has 0 aliphatic heterocycles. The van der Waals surface area contributed by atoms with Crippen molar-refractivity contribution in [3.8, 4) is 0 Å². The number of sulfone groups is 1. The Hall–Kier alpha value is -2.39. The molecule has 1 aromatic carbocycles. The van der Waals surface area contributed by atoms with Crippen LogP contribution in [0.5, 0.6) is 0 Å². The maximum Gasteiger partial charge on any atom is 0.318 e. The number of hydrogen-bond donors (Lipinski definition) is 1. The topological polar surface area (TPSA) is 93.5 Å². The second-order valence-corrected chi connectivity index (χ2v) is 11.3. The number of aryl methyl sites for hydroxylation is 1. The monoisotopic (exact) mass is 462 g/mol. The van der Waals surface area contributed by atoms with E-state index in [0.29, 0.717) is 31.0 Å². The number of hydrogen-bond acceptors (Lipinski definition) is 5. The lowest BCUT2D eigenvalue weighted by Crippen LogP contribution is -2.49. The third kappa shape index (κ3) is 6.32. The molecule has 0 saturated heterocycles. The van der Waals surface area contributed by atoms with E-state index in [-0.39, 0.29) is 28.5 Å². The van der Waals surface area contributed by atoms with Crippen LogP contribution >= 0.6 is 0 Å². The van der Waals surface area contributed by atoms with E-state index in [1.165, 1.54) is 0 Å². The first-order valence-corrected chi connectivity index (χ1v) is 12.6. The summed E-state index contributed by atoms with van der Waals surface area (Å²) in [7, 11) is -2.10. The van der Waals surface area contributed by atoms with Crippen LogP contribution in [0.4, 0.5) is 4.79 Å². The first-order chi connectivity index (χ1) is 15.0. The van der Waals surface area contributed by atoms with Gasteiger partial charge >= 0.3 is 6.03 Å². The van der Waals surface area contributed by atoms with Crippen LogP contribution in [0, 0.1) is 6.92 Å². The van der Waals surface area contributed by atoms with Crippen LogP contribution in [0.15, 0.2) is 35.6 Å². The predicted molar refractivity (Wildman–Crippen MR) is 123 cm³/mol. The van der Waals surface area contributed by atoms with Crippen molar-refractivity contribution < 1.29 is 17.9 Å². The number of methoxy groups -OCH3 is 1. The van der Waals surface area contributed by atoms with Gasteiger partial charge in [-0.2, -0.15) is 0 Å². The molecule has 0 unspecified atom stereocenters. The van der Waals surface area contributed by atoms with Gasteiger partial charge in [0.1, 0.15) is 0 Å². The molecule has 1 N–H and O–H groups in total. The molecule has 0 atom stereocenters. The first-order valence-electron chi connectivity index (χ1n) is 10.9. The number of benzene rings is 1. The number of nitrogens with one attached hydrogen (secondary N) is 1. The lowest BCUT2D eigenvalue weighted by atomic mass is 10.1. The van der Waals surface area contributed by atoms with Crippen molar-refractivity contribution in [1.82, 2.24) is 19.8 Å². The van der Waals surface area contributed by atoms with Gasteiger partial charge in [-0.1, -0.05) is 29.8 Å². The summed E-state index contributed by atoms with van der Waals surface area (Å²) in [5, 5.41) is 3.02. The second kappa shape index (κ2) is 9.62. The van der Waals surface area contributed by atoms with Crippen LogP contribution in [0.25, 0.3) is 0 Å². The van der Waals surface area contributed by atoms with Crippen molar-refractivity contribution in [2.75, 3.05) is 13.7 Å². The van der Waals surface area contributed by atoms with Gasteiger partial charge in [-0.15, -0.1) is 0 Å². The van der Waals surface area contributed by atoms with Crippen LogP contribution in [0.3, 0.4) is 0 Å². The fourth-order valence-electron chi connectivity index (χ4n) is 3.48. The quantitative estimate of drug-likeness (QED) is 0.617. The largest absolute Gasteiger partial charge is 0.383 e. The van der Waals surface area contributed by atoms with Crippen LogP contribution in [-0.4, -0.2) is 54.2 Å². The van der Waals surface area contributed by atoms with Gasteiger partial charge in [-0.25, -0.2) is 18.2 Å². The van der Waals surface area contributed by atoms with Crippen molar-refractivity contribution >= 4 is 15.9 Å². The number of rotatable bonds is 9. The highest BCUT2D eigenvalue weighted by molar-refractivity contribution is 7.90. The highest BCUT2D eigenvalue weighted by Crippen LogP contribution is 2.29. The molecule has 3 rings (SSSR count). The number of imidazole rings is 1. The van der Waals surface area contributed by atoms with Gasteiger partial charge in [0.25, 0.3) is 0 Å². The standard InChI is InChI=1S/C23H34N4O4S/c1-17-6-8-18(9-7-17)16-32(29,30)22-24-14-20(26(22)12-13-31-5)15-27(19-10-11-19)21(28)25-23(2,3)4/h6-9,14,19H,10-13,15-16H2,1-5H3,(H,25,28). The molecule has 8 nitrogen and oxygen atoms in total. The minimum absolute atomic E-state index is 0.0112. The molecule has 2 aromatic rings. The highest BCUT2D eigenvalue weighted by atomic mass is 32.2. The van der Waals surface area contributed by atoms with E-state index in [1.807, 2.05) is 52.0 Å². The first kappa shape index (κ1) is 24.3. The van der Waals surface area contributed by atoms with Crippen molar-refractivity contribution in [1.29, 1.82) is 0 Å². The predicted octanol–water partition coefficient (Wildman–Crippen LogP) is 3.28. The molecule has 1 aliphatic carbocycles. The number of carbonyl (C=O) groups excluding carboxylic acids is 1. The summed E-state index contributed by atoms with van der Waals surface area (Å²) in [4.78, 5) is 18.9. The third-order valence-electron chi connectivity index (χ3n) is 5.24. The number of ether oxygens (including phenoxy) is 1. The Morgan fingerprint density at radius 1 is 1.25 bits per heavy atom. The molecule has 32 heavy (non-hydrogen) atoms. The van der Waals surface area contributed by atoms with Crippen LogP contribution in [-0.2, 0) is 33.4 Å². The van der Waals surface area contributed by atoms with Crippen molar-refractivity contribution in [3.63, 3.8) is 0 Å². The molecule has 1 heterocycles. The molecule has 176 valence electrons. The van der Waals surface area contributed by atoms with Gasteiger partial charge in [0, 0.05) is 25.2 Å². The second-order valence-electron chi connectivity index (χ2n) is 9.46. The number of carbonyl (C=O) groups is 1. The van der Waals surface area contributed by atoms with Gasteiger partial charge in [0.05, 0.1) is 30.8 Å². The number of urea groups is 1.